The molecular weight excluding hydrogens is 224 g/mol. The van der Waals surface area contributed by atoms with Crippen LogP contribution in [0.25, 0.3) is 0 Å². The first-order valence-corrected chi connectivity index (χ1v) is 6.80. The highest BCUT2D eigenvalue weighted by atomic mass is 16.2. The van der Waals surface area contributed by atoms with E-state index in [-0.39, 0.29) is 11.9 Å². The predicted molar refractivity (Wildman–Crippen MR) is 76.8 cm³/mol. The molecule has 0 spiro atoms. The standard InChI is InChI=1S/C15H24N2O/c1-4-6-13-7-9-14(10-8-13)17-12(3)15(18)16-11-5-2/h7-10,12,17H,4-6,11H2,1-3H3,(H,16,18). The molecule has 0 heterocycles. The first-order chi connectivity index (χ1) is 8.67. The average molecular weight is 248 g/mol. The fraction of sp³-hybridized carbons (Fsp3) is 0.533. The molecule has 0 bridgehead atoms. The van der Waals surface area contributed by atoms with Crippen molar-refractivity contribution in [3.05, 3.63) is 29.8 Å². The van der Waals surface area contributed by atoms with Crippen LogP contribution < -0.4 is 10.6 Å². The van der Waals surface area contributed by atoms with E-state index >= 15 is 0 Å². The van der Waals surface area contributed by atoms with Gasteiger partial charge in [0.05, 0.1) is 0 Å². The summed E-state index contributed by atoms with van der Waals surface area (Å²) >= 11 is 0. The number of hydrogen-bond donors (Lipinski definition) is 2. The molecule has 1 rings (SSSR count). The van der Waals surface area contributed by atoms with Crippen molar-refractivity contribution in [2.75, 3.05) is 11.9 Å². The third-order valence-electron chi connectivity index (χ3n) is 2.82. The maximum atomic E-state index is 11.7. The molecule has 0 saturated heterocycles. The Morgan fingerprint density at radius 2 is 1.83 bits per heavy atom. The van der Waals surface area contributed by atoms with Gasteiger partial charge in [-0.3, -0.25) is 4.79 Å². The van der Waals surface area contributed by atoms with E-state index in [1.807, 2.05) is 26.0 Å². The second-order valence-electron chi connectivity index (χ2n) is 4.60. The van der Waals surface area contributed by atoms with Gasteiger partial charge in [-0.15, -0.1) is 0 Å². The fourth-order valence-electron chi connectivity index (χ4n) is 1.77. The Morgan fingerprint density at radius 1 is 1.17 bits per heavy atom. The number of carbonyl (C=O) groups excluding carboxylic acids is 1. The van der Waals surface area contributed by atoms with Crippen LogP contribution in [0.2, 0.25) is 0 Å². The quantitative estimate of drug-likeness (QED) is 0.779. The van der Waals surface area contributed by atoms with Crippen LogP contribution >= 0.6 is 0 Å². The van der Waals surface area contributed by atoms with Gasteiger partial charge in [0, 0.05) is 12.2 Å². The lowest BCUT2D eigenvalue weighted by molar-refractivity contribution is -0.121. The van der Waals surface area contributed by atoms with Crippen molar-refractivity contribution < 1.29 is 4.79 Å². The number of aryl methyl sites for hydroxylation is 1. The van der Waals surface area contributed by atoms with Crippen molar-refractivity contribution in [3.63, 3.8) is 0 Å². The van der Waals surface area contributed by atoms with Crippen LogP contribution in [-0.4, -0.2) is 18.5 Å². The molecule has 0 radical (unpaired) electrons. The van der Waals surface area contributed by atoms with Gasteiger partial charge in [-0.1, -0.05) is 32.4 Å². The van der Waals surface area contributed by atoms with Gasteiger partial charge >= 0.3 is 0 Å². The van der Waals surface area contributed by atoms with E-state index in [0.717, 1.165) is 31.5 Å². The van der Waals surface area contributed by atoms with E-state index in [0.29, 0.717) is 0 Å². The van der Waals surface area contributed by atoms with Crippen LogP contribution in [-0.2, 0) is 11.2 Å². The Kier molecular flexibility index (Phi) is 6.26. The van der Waals surface area contributed by atoms with E-state index in [4.69, 9.17) is 0 Å². The Morgan fingerprint density at radius 3 is 2.39 bits per heavy atom. The molecule has 1 amide bonds. The van der Waals surface area contributed by atoms with Crippen molar-refractivity contribution >= 4 is 11.6 Å². The second-order valence-corrected chi connectivity index (χ2v) is 4.60. The van der Waals surface area contributed by atoms with Crippen molar-refractivity contribution in [3.8, 4) is 0 Å². The van der Waals surface area contributed by atoms with Crippen LogP contribution in [0.15, 0.2) is 24.3 Å². The molecule has 0 aliphatic rings. The molecule has 1 aromatic rings. The molecule has 3 nitrogen and oxygen atoms in total. The molecular formula is C15H24N2O. The lowest BCUT2D eigenvalue weighted by atomic mass is 10.1. The number of rotatable bonds is 7. The van der Waals surface area contributed by atoms with Gasteiger partial charge in [0.25, 0.3) is 0 Å². The Bertz CT molecular complexity index is 359. The fourth-order valence-corrected chi connectivity index (χ4v) is 1.77. The minimum atomic E-state index is -0.200. The van der Waals surface area contributed by atoms with E-state index in [1.54, 1.807) is 0 Å². The van der Waals surface area contributed by atoms with Gasteiger partial charge in [0.2, 0.25) is 5.91 Å². The maximum absolute atomic E-state index is 11.7. The van der Waals surface area contributed by atoms with Gasteiger partial charge in [-0.25, -0.2) is 0 Å². The Balaban J connectivity index is 2.48. The predicted octanol–water partition coefficient (Wildman–Crippen LogP) is 2.97. The number of carbonyl (C=O) groups is 1. The van der Waals surface area contributed by atoms with Gasteiger partial charge < -0.3 is 10.6 Å². The lowest BCUT2D eigenvalue weighted by Gasteiger charge is -2.15. The molecule has 3 heteroatoms. The van der Waals surface area contributed by atoms with Crippen LogP contribution in [0.1, 0.15) is 39.2 Å². The molecule has 2 N–H and O–H groups in total. The molecule has 0 fully saturated rings. The summed E-state index contributed by atoms with van der Waals surface area (Å²) in [5, 5.41) is 6.09. The first-order valence-electron chi connectivity index (χ1n) is 6.80. The zero-order chi connectivity index (χ0) is 13.4. The van der Waals surface area contributed by atoms with E-state index in [9.17, 15) is 4.79 Å². The number of hydrogen-bond acceptors (Lipinski definition) is 2. The molecule has 0 aliphatic heterocycles. The highest BCUT2D eigenvalue weighted by molar-refractivity contribution is 5.84. The van der Waals surface area contributed by atoms with Crippen LogP contribution in [0.4, 0.5) is 5.69 Å². The normalized spacial score (nSPS) is 11.9. The minimum Gasteiger partial charge on any atom is -0.374 e. The summed E-state index contributed by atoms with van der Waals surface area (Å²) in [5.74, 6) is 0.0504. The number of benzene rings is 1. The zero-order valence-corrected chi connectivity index (χ0v) is 11.6. The zero-order valence-electron chi connectivity index (χ0n) is 11.6. The molecule has 18 heavy (non-hydrogen) atoms. The molecule has 1 aromatic carbocycles. The molecule has 0 aliphatic carbocycles. The summed E-state index contributed by atoms with van der Waals surface area (Å²) in [6, 6.07) is 8.10. The average Bonchev–Trinajstić information content (AvgIpc) is 2.38. The van der Waals surface area contributed by atoms with Gasteiger partial charge in [-0.05, 0) is 37.5 Å². The highest BCUT2D eigenvalue weighted by Crippen LogP contribution is 2.12. The SMILES string of the molecule is CCCNC(=O)C(C)Nc1ccc(CCC)cc1. The largest absolute Gasteiger partial charge is 0.374 e. The van der Waals surface area contributed by atoms with Gasteiger partial charge in [0.15, 0.2) is 0 Å². The van der Waals surface area contributed by atoms with Crippen molar-refractivity contribution in [2.45, 2.75) is 46.1 Å². The van der Waals surface area contributed by atoms with Crippen molar-refractivity contribution in [1.82, 2.24) is 5.32 Å². The lowest BCUT2D eigenvalue weighted by Crippen LogP contribution is -2.37. The van der Waals surface area contributed by atoms with E-state index in [1.165, 1.54) is 5.56 Å². The molecule has 1 unspecified atom stereocenters. The maximum Gasteiger partial charge on any atom is 0.242 e. The summed E-state index contributed by atoms with van der Waals surface area (Å²) in [6.45, 7) is 6.84. The summed E-state index contributed by atoms with van der Waals surface area (Å²) in [6.07, 6.45) is 3.22. The van der Waals surface area contributed by atoms with Gasteiger partial charge in [-0.2, -0.15) is 0 Å². The monoisotopic (exact) mass is 248 g/mol. The van der Waals surface area contributed by atoms with Crippen LogP contribution in [0, 0.1) is 0 Å². The topological polar surface area (TPSA) is 41.1 Å². The Hall–Kier alpha value is -1.51. The third-order valence-corrected chi connectivity index (χ3v) is 2.82. The first kappa shape index (κ1) is 14.6. The number of amides is 1. The third kappa shape index (κ3) is 4.78. The number of anilines is 1. The minimum absolute atomic E-state index is 0.0504. The molecule has 0 aromatic heterocycles. The molecule has 100 valence electrons. The van der Waals surface area contributed by atoms with Crippen LogP contribution in [0.3, 0.4) is 0 Å². The van der Waals surface area contributed by atoms with Gasteiger partial charge in [0.1, 0.15) is 6.04 Å². The summed E-state index contributed by atoms with van der Waals surface area (Å²) < 4.78 is 0. The summed E-state index contributed by atoms with van der Waals surface area (Å²) in [5.41, 5.74) is 2.33. The molecule has 1 atom stereocenters. The summed E-state index contributed by atoms with van der Waals surface area (Å²) in [7, 11) is 0. The van der Waals surface area contributed by atoms with Crippen LogP contribution in [0.5, 0.6) is 0 Å². The van der Waals surface area contributed by atoms with E-state index in [2.05, 4.69) is 29.7 Å². The molecule has 0 saturated carbocycles. The van der Waals surface area contributed by atoms with E-state index < -0.39 is 0 Å². The number of nitrogens with one attached hydrogen (secondary N) is 2. The highest BCUT2D eigenvalue weighted by Gasteiger charge is 2.11. The second kappa shape index (κ2) is 7.75. The summed E-state index contributed by atoms with van der Waals surface area (Å²) in [4.78, 5) is 11.7. The van der Waals surface area contributed by atoms with Crippen molar-refractivity contribution in [2.24, 2.45) is 0 Å². The Labute approximate surface area is 110 Å². The van der Waals surface area contributed by atoms with Crippen molar-refractivity contribution in [1.29, 1.82) is 0 Å². The smallest absolute Gasteiger partial charge is 0.242 e.